The third-order valence-electron chi connectivity index (χ3n) is 3.56. The molecule has 5 nitrogen and oxygen atoms in total. The average Bonchev–Trinajstić information content (AvgIpc) is 3.31. The van der Waals surface area contributed by atoms with Crippen LogP contribution >= 0.6 is 0 Å². The monoisotopic (exact) mass is 289 g/mol. The summed E-state index contributed by atoms with van der Waals surface area (Å²) in [6.07, 6.45) is 5.34. The second-order valence-corrected chi connectivity index (χ2v) is 5.16. The zero-order valence-electron chi connectivity index (χ0n) is 11.4. The third-order valence-corrected chi connectivity index (χ3v) is 3.56. The normalized spacial score (nSPS) is 14.2. The molecule has 0 radical (unpaired) electrons. The van der Waals surface area contributed by atoms with E-state index in [1.807, 2.05) is 0 Å². The summed E-state index contributed by atoms with van der Waals surface area (Å²) < 4.78 is 15.2. The summed E-state index contributed by atoms with van der Waals surface area (Å²) in [6, 6.07) is 4.89. The fourth-order valence-corrected chi connectivity index (χ4v) is 2.20. The fraction of sp³-hybridized carbons (Fsp3) is 0.333. The predicted molar refractivity (Wildman–Crippen MR) is 76.4 cm³/mol. The first-order valence-electron chi connectivity index (χ1n) is 6.88. The lowest BCUT2D eigenvalue weighted by atomic mass is 10.1. The van der Waals surface area contributed by atoms with E-state index < -0.39 is 5.82 Å². The number of halogens is 1. The molecule has 3 rings (SSSR count). The van der Waals surface area contributed by atoms with Gasteiger partial charge in [-0.1, -0.05) is 12.1 Å². The van der Waals surface area contributed by atoms with Crippen molar-refractivity contribution in [1.82, 2.24) is 9.55 Å². The molecule has 1 fully saturated rings. The van der Waals surface area contributed by atoms with Crippen LogP contribution in [0.4, 0.5) is 10.2 Å². The summed E-state index contributed by atoms with van der Waals surface area (Å²) in [5.74, 6) is -0.177. The number of benzene rings is 1. The fourth-order valence-electron chi connectivity index (χ4n) is 2.20. The van der Waals surface area contributed by atoms with Crippen molar-refractivity contribution in [3.8, 4) is 0 Å². The molecule has 0 bridgehead atoms. The molecule has 6 heteroatoms. The molecule has 0 atom stereocenters. The Balaban J connectivity index is 1.74. The van der Waals surface area contributed by atoms with Crippen LogP contribution < -0.4 is 10.9 Å². The van der Waals surface area contributed by atoms with Crippen molar-refractivity contribution in [2.45, 2.75) is 32.0 Å². The van der Waals surface area contributed by atoms with Gasteiger partial charge in [-0.2, -0.15) is 0 Å². The van der Waals surface area contributed by atoms with Crippen LogP contribution in [0.2, 0.25) is 0 Å². The first-order valence-corrected chi connectivity index (χ1v) is 6.88. The number of hydrogen-bond acceptors (Lipinski definition) is 4. The second kappa shape index (κ2) is 5.65. The lowest BCUT2D eigenvalue weighted by Crippen LogP contribution is -2.23. The highest BCUT2D eigenvalue weighted by molar-refractivity contribution is 5.34. The van der Waals surface area contributed by atoms with Gasteiger partial charge in [0, 0.05) is 30.5 Å². The minimum atomic E-state index is -0.451. The number of anilines is 1. The van der Waals surface area contributed by atoms with E-state index in [1.54, 1.807) is 23.0 Å². The highest BCUT2D eigenvalue weighted by Gasteiger charge is 2.25. The second-order valence-electron chi connectivity index (χ2n) is 5.16. The molecule has 0 amide bonds. The Morgan fingerprint density at radius 2 is 2.24 bits per heavy atom. The maximum Gasteiger partial charge on any atom is 0.293 e. The van der Waals surface area contributed by atoms with Gasteiger partial charge in [0.15, 0.2) is 5.82 Å². The number of aromatic nitrogens is 2. The molecule has 2 N–H and O–H groups in total. The zero-order valence-corrected chi connectivity index (χ0v) is 11.4. The molecule has 1 aliphatic rings. The van der Waals surface area contributed by atoms with Gasteiger partial charge in [0.05, 0.1) is 6.61 Å². The lowest BCUT2D eigenvalue weighted by Gasteiger charge is -2.09. The third kappa shape index (κ3) is 2.95. The van der Waals surface area contributed by atoms with E-state index in [2.05, 4.69) is 10.3 Å². The van der Waals surface area contributed by atoms with Gasteiger partial charge in [-0.15, -0.1) is 0 Å². The van der Waals surface area contributed by atoms with Crippen LogP contribution in [0, 0.1) is 5.82 Å². The number of nitrogens with one attached hydrogen (secondary N) is 1. The molecule has 0 saturated heterocycles. The van der Waals surface area contributed by atoms with Crippen LogP contribution in [0.3, 0.4) is 0 Å². The highest BCUT2D eigenvalue weighted by atomic mass is 19.1. The first-order chi connectivity index (χ1) is 10.2. The number of hydrogen-bond donors (Lipinski definition) is 2. The van der Waals surface area contributed by atoms with E-state index >= 15 is 0 Å². The summed E-state index contributed by atoms with van der Waals surface area (Å²) >= 11 is 0. The van der Waals surface area contributed by atoms with Gasteiger partial charge in [0.2, 0.25) is 0 Å². The Hall–Kier alpha value is -2.21. The molecule has 21 heavy (non-hydrogen) atoms. The van der Waals surface area contributed by atoms with Crippen LogP contribution in [-0.2, 0) is 13.2 Å². The van der Waals surface area contributed by atoms with Crippen molar-refractivity contribution in [3.05, 3.63) is 57.9 Å². The molecule has 1 heterocycles. The molecule has 1 aliphatic carbocycles. The number of rotatable bonds is 5. The summed E-state index contributed by atoms with van der Waals surface area (Å²) in [4.78, 5) is 16.2. The minimum absolute atomic E-state index is 0.146. The van der Waals surface area contributed by atoms with Crippen LogP contribution in [0.15, 0.2) is 35.4 Å². The van der Waals surface area contributed by atoms with Crippen molar-refractivity contribution in [2.75, 3.05) is 5.32 Å². The van der Waals surface area contributed by atoms with Gasteiger partial charge in [0.25, 0.3) is 5.56 Å². The van der Waals surface area contributed by atoms with Crippen molar-refractivity contribution in [2.24, 2.45) is 0 Å². The largest absolute Gasteiger partial charge is 0.392 e. The predicted octanol–water partition coefficient (Wildman–Crippen LogP) is 1.82. The van der Waals surface area contributed by atoms with Gasteiger partial charge in [0.1, 0.15) is 5.82 Å². The van der Waals surface area contributed by atoms with Crippen molar-refractivity contribution in [1.29, 1.82) is 0 Å². The van der Waals surface area contributed by atoms with Gasteiger partial charge < -0.3 is 15.0 Å². The zero-order chi connectivity index (χ0) is 14.8. The Labute approximate surface area is 121 Å². The highest BCUT2D eigenvalue weighted by Crippen LogP contribution is 2.33. The van der Waals surface area contributed by atoms with Crippen LogP contribution in [0.25, 0.3) is 0 Å². The molecule has 1 aromatic heterocycles. The van der Waals surface area contributed by atoms with E-state index in [0.717, 1.165) is 12.8 Å². The molecular formula is C15H16FN3O2. The minimum Gasteiger partial charge on any atom is -0.392 e. The average molecular weight is 289 g/mol. The SMILES string of the molecule is O=c1c(NCc2ccc(CO)c(F)c2)nccn1C1CC1. The maximum atomic E-state index is 13.6. The Morgan fingerprint density at radius 1 is 1.43 bits per heavy atom. The maximum absolute atomic E-state index is 13.6. The molecule has 1 saturated carbocycles. The van der Waals surface area contributed by atoms with E-state index in [-0.39, 0.29) is 23.5 Å². The topological polar surface area (TPSA) is 67.2 Å². The Morgan fingerprint density at radius 3 is 2.90 bits per heavy atom. The van der Waals surface area contributed by atoms with Crippen LogP contribution in [0.1, 0.15) is 30.0 Å². The van der Waals surface area contributed by atoms with Crippen molar-refractivity contribution >= 4 is 5.82 Å². The summed E-state index contributed by atoms with van der Waals surface area (Å²) in [6.45, 7) is -0.0224. The number of nitrogens with zero attached hydrogens (tertiary/aromatic N) is 2. The first kappa shape index (κ1) is 13.8. The van der Waals surface area contributed by atoms with E-state index in [1.165, 1.54) is 12.1 Å². The molecule has 0 spiro atoms. The molecule has 1 aromatic carbocycles. The molecule has 110 valence electrons. The van der Waals surface area contributed by atoms with Crippen LogP contribution in [0.5, 0.6) is 0 Å². The number of aliphatic hydroxyl groups excluding tert-OH is 1. The van der Waals surface area contributed by atoms with Crippen molar-refractivity contribution in [3.63, 3.8) is 0 Å². The Kier molecular flexibility index (Phi) is 3.70. The van der Waals surface area contributed by atoms with E-state index in [4.69, 9.17) is 5.11 Å². The van der Waals surface area contributed by atoms with Gasteiger partial charge in [-0.05, 0) is 24.5 Å². The molecule has 2 aromatic rings. The van der Waals surface area contributed by atoms with Gasteiger partial charge in [-0.3, -0.25) is 4.79 Å². The summed E-state index contributed by atoms with van der Waals surface area (Å²) in [7, 11) is 0. The van der Waals surface area contributed by atoms with Gasteiger partial charge in [-0.25, -0.2) is 9.37 Å². The van der Waals surface area contributed by atoms with E-state index in [0.29, 0.717) is 18.2 Å². The Bertz CT molecular complexity index is 710. The quantitative estimate of drug-likeness (QED) is 0.881. The molecular weight excluding hydrogens is 273 g/mol. The molecule has 0 unspecified atom stereocenters. The standard InChI is InChI=1S/C15H16FN3O2/c16-13-7-10(1-2-11(13)9-20)8-18-14-15(21)19(6-5-17-14)12-3-4-12/h1-2,5-7,12,20H,3-4,8-9H2,(H,17,18). The molecule has 0 aliphatic heterocycles. The summed E-state index contributed by atoms with van der Waals surface area (Å²) in [5, 5.41) is 11.9. The van der Waals surface area contributed by atoms with Crippen LogP contribution in [-0.4, -0.2) is 14.7 Å². The summed E-state index contributed by atoms with van der Waals surface area (Å²) in [5.41, 5.74) is 0.799. The number of aliphatic hydroxyl groups is 1. The van der Waals surface area contributed by atoms with Gasteiger partial charge >= 0.3 is 0 Å². The van der Waals surface area contributed by atoms with Crippen molar-refractivity contribution < 1.29 is 9.50 Å². The van der Waals surface area contributed by atoms with E-state index in [9.17, 15) is 9.18 Å². The lowest BCUT2D eigenvalue weighted by molar-refractivity contribution is 0.275. The smallest absolute Gasteiger partial charge is 0.293 e.